The Hall–Kier alpha value is -3.46. The molecule has 1 unspecified atom stereocenters. The molecule has 31 heavy (non-hydrogen) atoms. The molecule has 0 aliphatic carbocycles. The molecule has 1 aromatic carbocycles. The van der Waals surface area contributed by atoms with Crippen LogP contribution in [0.15, 0.2) is 59.5 Å². The predicted octanol–water partition coefficient (Wildman–Crippen LogP) is 1.72. The molecule has 0 bridgehead atoms. The third-order valence-electron chi connectivity index (χ3n) is 5.96. The topological polar surface area (TPSA) is 102 Å². The SMILES string of the molecule is O=C(NCc1ccccc1)C1Cn2ccnc2C2(CCN(C(=O)c3ccno3)CC2)O1. The van der Waals surface area contributed by atoms with Gasteiger partial charge in [-0.2, -0.15) is 0 Å². The zero-order chi connectivity index (χ0) is 21.3. The van der Waals surface area contributed by atoms with E-state index in [1.165, 1.54) is 6.20 Å². The van der Waals surface area contributed by atoms with E-state index in [4.69, 9.17) is 9.26 Å². The van der Waals surface area contributed by atoms with Crippen LogP contribution in [-0.4, -0.2) is 50.6 Å². The molecule has 9 heteroatoms. The molecule has 1 spiro atoms. The lowest BCUT2D eigenvalue weighted by atomic mass is 9.88. The fraction of sp³-hybridized carbons (Fsp3) is 0.364. The number of likely N-dealkylation sites (tertiary alicyclic amines) is 1. The molecular weight excluding hydrogens is 398 g/mol. The first-order valence-electron chi connectivity index (χ1n) is 10.4. The monoisotopic (exact) mass is 421 g/mol. The predicted molar refractivity (Wildman–Crippen MR) is 109 cm³/mol. The van der Waals surface area contributed by atoms with Gasteiger partial charge in [0.2, 0.25) is 5.76 Å². The van der Waals surface area contributed by atoms with Gasteiger partial charge in [0.25, 0.3) is 11.8 Å². The quantitative estimate of drug-likeness (QED) is 0.688. The standard InChI is InChI=1S/C22H23N5O4/c28-19(24-14-16-4-2-1-3-5-16)18-15-27-13-10-23-21(27)22(30-18)7-11-26(12-8-22)20(29)17-6-9-25-31-17/h1-6,9-10,13,18H,7-8,11-12,14-15H2,(H,24,28). The maximum atomic E-state index is 12.9. The summed E-state index contributed by atoms with van der Waals surface area (Å²) in [4.78, 5) is 31.7. The molecule has 2 aliphatic rings. The molecule has 9 nitrogen and oxygen atoms in total. The van der Waals surface area contributed by atoms with E-state index in [2.05, 4.69) is 15.5 Å². The van der Waals surface area contributed by atoms with Crippen molar-refractivity contribution in [3.63, 3.8) is 0 Å². The molecule has 2 aliphatic heterocycles. The highest BCUT2D eigenvalue weighted by Crippen LogP contribution is 2.40. The molecule has 5 rings (SSSR count). The van der Waals surface area contributed by atoms with E-state index in [9.17, 15) is 9.59 Å². The first-order chi connectivity index (χ1) is 15.1. The minimum atomic E-state index is -0.700. The summed E-state index contributed by atoms with van der Waals surface area (Å²) in [6.07, 6.45) is 5.54. The third-order valence-corrected chi connectivity index (χ3v) is 5.96. The van der Waals surface area contributed by atoms with Crippen LogP contribution in [0, 0.1) is 0 Å². The van der Waals surface area contributed by atoms with Gasteiger partial charge in [0, 0.05) is 50.9 Å². The van der Waals surface area contributed by atoms with Crippen molar-refractivity contribution in [3.05, 3.63) is 72.1 Å². The number of ether oxygens (including phenoxy) is 1. The Morgan fingerprint density at radius 2 is 1.94 bits per heavy atom. The van der Waals surface area contributed by atoms with Gasteiger partial charge >= 0.3 is 0 Å². The lowest BCUT2D eigenvalue weighted by Gasteiger charge is -2.45. The molecule has 0 saturated carbocycles. The first kappa shape index (κ1) is 19.5. The van der Waals surface area contributed by atoms with Gasteiger partial charge in [-0.05, 0) is 5.56 Å². The van der Waals surface area contributed by atoms with Crippen molar-refractivity contribution in [1.82, 2.24) is 24.9 Å². The largest absolute Gasteiger partial charge is 0.352 e. The van der Waals surface area contributed by atoms with Crippen molar-refractivity contribution < 1.29 is 18.8 Å². The summed E-state index contributed by atoms with van der Waals surface area (Å²) >= 11 is 0. The highest BCUT2D eigenvalue weighted by atomic mass is 16.5. The van der Waals surface area contributed by atoms with E-state index in [1.54, 1.807) is 17.2 Å². The van der Waals surface area contributed by atoms with Gasteiger partial charge in [-0.25, -0.2) is 4.98 Å². The van der Waals surface area contributed by atoms with Crippen LogP contribution < -0.4 is 5.32 Å². The molecule has 1 atom stereocenters. The van der Waals surface area contributed by atoms with E-state index < -0.39 is 11.7 Å². The Bertz CT molecular complexity index is 1050. The second-order valence-corrected chi connectivity index (χ2v) is 7.88. The Labute approximate surface area is 179 Å². The van der Waals surface area contributed by atoms with Crippen molar-refractivity contribution in [2.24, 2.45) is 0 Å². The van der Waals surface area contributed by atoms with Crippen LogP contribution in [0.2, 0.25) is 0 Å². The molecule has 4 heterocycles. The summed E-state index contributed by atoms with van der Waals surface area (Å²) in [6.45, 7) is 1.82. The Balaban J connectivity index is 1.29. The van der Waals surface area contributed by atoms with E-state index >= 15 is 0 Å². The van der Waals surface area contributed by atoms with E-state index in [1.807, 2.05) is 41.1 Å². The van der Waals surface area contributed by atoms with Crippen LogP contribution in [-0.2, 0) is 28.2 Å². The number of piperidine rings is 1. The summed E-state index contributed by atoms with van der Waals surface area (Å²) in [5.41, 5.74) is 0.332. The average Bonchev–Trinajstić information content (AvgIpc) is 3.51. The van der Waals surface area contributed by atoms with Crippen LogP contribution in [0.25, 0.3) is 0 Å². The van der Waals surface area contributed by atoms with Gasteiger partial charge in [0.05, 0.1) is 12.7 Å². The van der Waals surface area contributed by atoms with Crippen LogP contribution in [0.5, 0.6) is 0 Å². The molecule has 3 aromatic rings. The van der Waals surface area contributed by atoms with Gasteiger partial charge in [-0.1, -0.05) is 35.5 Å². The molecular formula is C22H23N5O4. The normalized spacial score (nSPS) is 19.7. The number of rotatable bonds is 4. The number of carbonyl (C=O) groups is 2. The molecule has 1 N–H and O–H groups in total. The second-order valence-electron chi connectivity index (χ2n) is 7.88. The summed E-state index contributed by atoms with van der Waals surface area (Å²) in [6, 6.07) is 11.3. The molecule has 1 fully saturated rings. The third kappa shape index (κ3) is 3.72. The van der Waals surface area contributed by atoms with Crippen molar-refractivity contribution in [2.75, 3.05) is 13.1 Å². The fourth-order valence-electron chi connectivity index (χ4n) is 4.33. The minimum Gasteiger partial charge on any atom is -0.352 e. The Morgan fingerprint density at radius 1 is 1.13 bits per heavy atom. The average molecular weight is 421 g/mol. The van der Waals surface area contributed by atoms with Gasteiger partial charge in [0.15, 0.2) is 6.10 Å². The van der Waals surface area contributed by atoms with Crippen molar-refractivity contribution >= 4 is 11.8 Å². The number of imidazole rings is 1. The summed E-state index contributed by atoms with van der Waals surface area (Å²) < 4.78 is 13.4. The number of benzene rings is 1. The van der Waals surface area contributed by atoms with Crippen LogP contribution in [0.1, 0.15) is 34.8 Å². The molecule has 2 aromatic heterocycles. The van der Waals surface area contributed by atoms with Gasteiger partial charge in [-0.3, -0.25) is 9.59 Å². The van der Waals surface area contributed by atoms with Crippen molar-refractivity contribution in [3.8, 4) is 0 Å². The number of carbonyl (C=O) groups excluding carboxylic acids is 2. The van der Waals surface area contributed by atoms with Crippen LogP contribution >= 0.6 is 0 Å². The zero-order valence-electron chi connectivity index (χ0n) is 16.9. The van der Waals surface area contributed by atoms with Crippen LogP contribution in [0.3, 0.4) is 0 Å². The molecule has 2 amide bonds. The van der Waals surface area contributed by atoms with Gasteiger partial charge in [0.1, 0.15) is 11.4 Å². The van der Waals surface area contributed by atoms with E-state index in [0.29, 0.717) is 39.0 Å². The van der Waals surface area contributed by atoms with E-state index in [0.717, 1.165) is 11.4 Å². The van der Waals surface area contributed by atoms with Gasteiger partial charge < -0.3 is 24.0 Å². The number of hydrogen-bond acceptors (Lipinski definition) is 6. The minimum absolute atomic E-state index is 0.150. The fourth-order valence-corrected chi connectivity index (χ4v) is 4.33. The lowest BCUT2D eigenvalue weighted by Crippen LogP contribution is -2.54. The number of amides is 2. The smallest absolute Gasteiger partial charge is 0.292 e. The number of hydrogen-bond donors (Lipinski definition) is 1. The number of nitrogens with one attached hydrogen (secondary N) is 1. The summed E-state index contributed by atoms with van der Waals surface area (Å²) in [5.74, 6) is 0.693. The molecule has 160 valence electrons. The maximum Gasteiger partial charge on any atom is 0.292 e. The number of aromatic nitrogens is 3. The van der Waals surface area contributed by atoms with E-state index in [-0.39, 0.29) is 17.6 Å². The number of nitrogens with zero attached hydrogens (tertiary/aromatic N) is 4. The summed E-state index contributed by atoms with van der Waals surface area (Å²) in [5, 5.41) is 6.59. The van der Waals surface area contributed by atoms with Crippen LogP contribution in [0.4, 0.5) is 0 Å². The lowest BCUT2D eigenvalue weighted by molar-refractivity contribution is -0.172. The molecule has 0 radical (unpaired) electrons. The van der Waals surface area contributed by atoms with Gasteiger partial charge in [-0.15, -0.1) is 0 Å². The summed E-state index contributed by atoms with van der Waals surface area (Å²) in [7, 11) is 0. The maximum absolute atomic E-state index is 12.9. The zero-order valence-corrected chi connectivity index (χ0v) is 16.9. The highest BCUT2D eigenvalue weighted by molar-refractivity contribution is 5.91. The Morgan fingerprint density at radius 3 is 2.68 bits per heavy atom. The first-order valence-corrected chi connectivity index (χ1v) is 10.4. The molecule has 1 saturated heterocycles. The Kier molecular flexibility index (Phi) is 5.03. The number of fused-ring (bicyclic) bond motifs is 2. The van der Waals surface area contributed by atoms with Crippen molar-refractivity contribution in [1.29, 1.82) is 0 Å². The highest BCUT2D eigenvalue weighted by Gasteiger charge is 2.47. The second kappa shape index (κ2) is 7.99. The van der Waals surface area contributed by atoms with Crippen molar-refractivity contribution in [2.45, 2.75) is 37.6 Å².